The van der Waals surface area contributed by atoms with Gasteiger partial charge in [-0.3, -0.25) is 0 Å². The van der Waals surface area contributed by atoms with Gasteiger partial charge in [0.25, 0.3) is 0 Å². The molecule has 0 saturated carbocycles. The second kappa shape index (κ2) is 3.20. The van der Waals surface area contributed by atoms with Gasteiger partial charge in [0.1, 0.15) is 5.82 Å². The highest BCUT2D eigenvalue weighted by Gasteiger charge is 2.37. The number of para-hydroxylation sites is 1. The Balaban J connectivity index is 2.05. The maximum Gasteiger partial charge on any atom is 0.146 e. The van der Waals surface area contributed by atoms with Crippen LogP contribution in [0.25, 0.3) is 0 Å². The van der Waals surface area contributed by atoms with Gasteiger partial charge in [-0.15, -0.1) is 0 Å². The van der Waals surface area contributed by atoms with Crippen LogP contribution >= 0.6 is 0 Å². The van der Waals surface area contributed by atoms with Crippen LogP contribution in [0.1, 0.15) is 18.4 Å². The van der Waals surface area contributed by atoms with Crippen LogP contribution in [0.15, 0.2) is 18.2 Å². The summed E-state index contributed by atoms with van der Waals surface area (Å²) in [4.78, 5) is 2.17. The molecule has 1 fully saturated rings. The number of nitrogens with two attached hydrogens (primary N) is 1. The van der Waals surface area contributed by atoms with Crippen LogP contribution in [-0.2, 0) is 6.42 Å². The van der Waals surface area contributed by atoms with Crippen LogP contribution in [0.2, 0.25) is 0 Å². The van der Waals surface area contributed by atoms with Gasteiger partial charge in [-0.2, -0.15) is 0 Å². The second-order valence-electron chi connectivity index (χ2n) is 4.52. The van der Waals surface area contributed by atoms with E-state index in [9.17, 15) is 4.39 Å². The van der Waals surface area contributed by atoms with Gasteiger partial charge in [-0.25, -0.2) is 4.39 Å². The van der Waals surface area contributed by atoms with Gasteiger partial charge in [0.2, 0.25) is 0 Å². The number of rotatable bonds is 0. The molecule has 0 bridgehead atoms. The summed E-state index contributed by atoms with van der Waals surface area (Å²) >= 11 is 0. The number of nitrogens with zero attached hydrogens (tertiary/aromatic N) is 1. The lowest BCUT2D eigenvalue weighted by Crippen LogP contribution is -2.50. The monoisotopic (exact) mass is 206 g/mol. The van der Waals surface area contributed by atoms with Gasteiger partial charge < -0.3 is 10.6 Å². The van der Waals surface area contributed by atoms with E-state index in [0.717, 1.165) is 37.1 Å². The molecule has 3 rings (SSSR count). The van der Waals surface area contributed by atoms with Crippen molar-refractivity contribution in [3.05, 3.63) is 29.6 Å². The van der Waals surface area contributed by atoms with Crippen LogP contribution in [-0.4, -0.2) is 18.6 Å². The summed E-state index contributed by atoms with van der Waals surface area (Å²) < 4.78 is 13.7. The van der Waals surface area contributed by atoms with Crippen molar-refractivity contribution in [2.45, 2.75) is 31.3 Å². The Morgan fingerprint density at radius 2 is 2.27 bits per heavy atom. The SMILES string of the molecule is NC1CCCN2c3c(F)cccc3CC12. The minimum atomic E-state index is -0.0934. The number of fused-ring (bicyclic) bond motifs is 3. The first kappa shape index (κ1) is 9.16. The van der Waals surface area contributed by atoms with Crippen LogP contribution < -0.4 is 10.6 Å². The van der Waals surface area contributed by atoms with Crippen molar-refractivity contribution in [2.24, 2.45) is 5.73 Å². The van der Waals surface area contributed by atoms with E-state index in [1.165, 1.54) is 0 Å². The summed E-state index contributed by atoms with van der Waals surface area (Å²) in [6.07, 6.45) is 3.05. The van der Waals surface area contributed by atoms with Crippen molar-refractivity contribution in [1.82, 2.24) is 0 Å². The Labute approximate surface area is 88.9 Å². The highest BCUT2D eigenvalue weighted by molar-refractivity contribution is 5.61. The van der Waals surface area contributed by atoms with Crippen LogP contribution in [0.4, 0.5) is 10.1 Å². The van der Waals surface area contributed by atoms with Crippen molar-refractivity contribution < 1.29 is 4.39 Å². The molecule has 0 aliphatic carbocycles. The minimum Gasteiger partial charge on any atom is -0.364 e. The fourth-order valence-corrected chi connectivity index (χ4v) is 2.90. The molecule has 0 aromatic heterocycles. The van der Waals surface area contributed by atoms with Crippen LogP contribution in [0, 0.1) is 5.82 Å². The number of anilines is 1. The van der Waals surface area contributed by atoms with Crippen molar-refractivity contribution >= 4 is 5.69 Å². The predicted octanol–water partition coefficient (Wildman–Crippen LogP) is 1.68. The number of benzene rings is 1. The van der Waals surface area contributed by atoms with Crippen molar-refractivity contribution in [3.63, 3.8) is 0 Å². The van der Waals surface area contributed by atoms with Crippen LogP contribution in [0.3, 0.4) is 0 Å². The molecule has 80 valence electrons. The lowest BCUT2D eigenvalue weighted by molar-refractivity contribution is 0.412. The smallest absolute Gasteiger partial charge is 0.146 e. The first-order valence-corrected chi connectivity index (χ1v) is 5.57. The Morgan fingerprint density at radius 1 is 1.40 bits per heavy atom. The molecule has 1 aromatic carbocycles. The molecule has 15 heavy (non-hydrogen) atoms. The maximum atomic E-state index is 13.7. The summed E-state index contributed by atoms with van der Waals surface area (Å²) in [6, 6.07) is 5.87. The molecule has 1 saturated heterocycles. The summed E-state index contributed by atoms with van der Waals surface area (Å²) in [6.45, 7) is 0.951. The summed E-state index contributed by atoms with van der Waals surface area (Å²) in [7, 11) is 0. The van der Waals surface area contributed by atoms with E-state index >= 15 is 0 Å². The average Bonchev–Trinajstić information content (AvgIpc) is 2.59. The number of hydrogen-bond donors (Lipinski definition) is 1. The summed E-state index contributed by atoms with van der Waals surface area (Å²) in [5, 5.41) is 0. The molecule has 2 N–H and O–H groups in total. The zero-order valence-electron chi connectivity index (χ0n) is 8.62. The van der Waals surface area contributed by atoms with Crippen molar-refractivity contribution in [1.29, 1.82) is 0 Å². The Bertz CT molecular complexity index is 391. The highest BCUT2D eigenvalue weighted by Crippen LogP contribution is 2.38. The molecular weight excluding hydrogens is 191 g/mol. The fraction of sp³-hybridized carbons (Fsp3) is 0.500. The Kier molecular flexibility index (Phi) is 1.96. The lowest BCUT2D eigenvalue weighted by Gasteiger charge is -2.36. The number of halogens is 1. The number of piperidine rings is 1. The van der Waals surface area contributed by atoms with Crippen molar-refractivity contribution in [3.8, 4) is 0 Å². The molecule has 2 nitrogen and oxygen atoms in total. The highest BCUT2D eigenvalue weighted by atomic mass is 19.1. The van der Waals surface area contributed by atoms with Gasteiger partial charge >= 0.3 is 0 Å². The third kappa shape index (κ3) is 1.26. The molecule has 0 spiro atoms. The van der Waals surface area contributed by atoms with E-state index in [0.29, 0.717) is 6.04 Å². The summed E-state index contributed by atoms with van der Waals surface area (Å²) in [5.41, 5.74) is 8.01. The molecule has 2 heterocycles. The predicted molar refractivity (Wildman–Crippen MR) is 58.4 cm³/mol. The van der Waals surface area contributed by atoms with Gasteiger partial charge in [0.05, 0.1) is 5.69 Å². The van der Waals surface area contributed by atoms with E-state index in [4.69, 9.17) is 5.73 Å². The molecule has 0 amide bonds. The first-order chi connectivity index (χ1) is 7.27. The van der Waals surface area contributed by atoms with E-state index in [1.807, 2.05) is 6.07 Å². The molecule has 2 unspecified atom stereocenters. The number of hydrogen-bond acceptors (Lipinski definition) is 2. The first-order valence-electron chi connectivity index (χ1n) is 5.57. The zero-order valence-corrected chi connectivity index (χ0v) is 8.62. The molecule has 1 aromatic rings. The van der Waals surface area contributed by atoms with E-state index in [-0.39, 0.29) is 11.9 Å². The van der Waals surface area contributed by atoms with Crippen LogP contribution in [0.5, 0.6) is 0 Å². The minimum absolute atomic E-state index is 0.0934. The normalized spacial score (nSPS) is 28.8. The molecule has 2 aliphatic heterocycles. The van der Waals surface area contributed by atoms with Gasteiger partial charge in [-0.1, -0.05) is 12.1 Å². The third-order valence-electron chi connectivity index (χ3n) is 3.62. The average molecular weight is 206 g/mol. The van der Waals surface area contributed by atoms with Crippen molar-refractivity contribution in [2.75, 3.05) is 11.4 Å². The second-order valence-corrected chi connectivity index (χ2v) is 4.52. The molecular formula is C12H15FN2. The van der Waals surface area contributed by atoms with Gasteiger partial charge in [0.15, 0.2) is 0 Å². The maximum absolute atomic E-state index is 13.7. The largest absolute Gasteiger partial charge is 0.364 e. The molecule has 0 radical (unpaired) electrons. The van der Waals surface area contributed by atoms with Gasteiger partial charge in [-0.05, 0) is 30.9 Å². The topological polar surface area (TPSA) is 29.3 Å². The van der Waals surface area contributed by atoms with Gasteiger partial charge in [0, 0.05) is 18.6 Å². The van der Waals surface area contributed by atoms with E-state index < -0.39 is 0 Å². The molecule has 3 heteroatoms. The Hall–Kier alpha value is -1.09. The summed E-state index contributed by atoms with van der Waals surface area (Å²) in [5.74, 6) is -0.0934. The fourth-order valence-electron chi connectivity index (χ4n) is 2.90. The third-order valence-corrected chi connectivity index (χ3v) is 3.62. The van der Waals surface area contributed by atoms with E-state index in [2.05, 4.69) is 4.90 Å². The standard InChI is InChI=1S/C12H15FN2/c13-9-4-1-3-8-7-11-10(14)5-2-6-15(11)12(8)9/h1,3-4,10-11H,2,5-7,14H2. The Morgan fingerprint density at radius 3 is 3.13 bits per heavy atom. The molecule has 2 atom stereocenters. The quantitative estimate of drug-likeness (QED) is 0.699. The molecule has 2 aliphatic rings. The van der Waals surface area contributed by atoms with E-state index in [1.54, 1.807) is 12.1 Å². The zero-order chi connectivity index (χ0) is 10.4. The lowest BCUT2D eigenvalue weighted by atomic mass is 9.96.